The number of nitrogens with zero attached hydrogens (tertiary/aromatic N) is 2. The van der Waals surface area contributed by atoms with Crippen LogP contribution in [0, 0.1) is 5.92 Å². The number of halogens is 1. The molecule has 0 unspecified atom stereocenters. The molecule has 7 heteroatoms. The van der Waals surface area contributed by atoms with Crippen molar-refractivity contribution in [1.82, 2.24) is 10.2 Å². The Kier molecular flexibility index (Phi) is 10.6. The second kappa shape index (κ2) is 12.1. The van der Waals surface area contributed by atoms with Crippen molar-refractivity contribution in [2.45, 2.75) is 26.2 Å². The molecule has 1 aromatic rings. The highest BCUT2D eigenvalue weighted by Crippen LogP contribution is 2.28. The molecule has 6 nitrogen and oxygen atoms in total. The number of aryl methyl sites for hydroxylation is 1. The molecule has 1 aliphatic rings. The first kappa shape index (κ1) is 22.7. The number of ether oxygens (including phenoxy) is 1. The number of carbonyl (C=O) groups is 1. The number of likely N-dealkylation sites (N-methyl/N-ethyl adjacent to an activating group) is 1. The normalized spacial score (nSPS) is 13.7. The number of guanidine groups is 1. The first-order valence-electron chi connectivity index (χ1n) is 9.00. The molecule has 1 aromatic carbocycles. The average Bonchev–Trinajstić information content (AvgIpc) is 3.43. The van der Waals surface area contributed by atoms with Crippen LogP contribution >= 0.6 is 24.0 Å². The van der Waals surface area contributed by atoms with Crippen LogP contribution in [0.1, 0.15) is 25.3 Å². The van der Waals surface area contributed by atoms with Gasteiger partial charge in [-0.1, -0.05) is 19.1 Å². The summed E-state index contributed by atoms with van der Waals surface area (Å²) in [5.74, 6) is 1.37. The lowest BCUT2D eigenvalue weighted by atomic mass is 10.1. The van der Waals surface area contributed by atoms with Crippen LogP contribution in [0.4, 0.5) is 5.69 Å². The van der Waals surface area contributed by atoms with Crippen molar-refractivity contribution in [3.8, 4) is 0 Å². The van der Waals surface area contributed by atoms with E-state index in [9.17, 15) is 4.79 Å². The van der Waals surface area contributed by atoms with Gasteiger partial charge >= 0.3 is 0 Å². The molecule has 2 N–H and O–H groups in total. The first-order valence-corrected chi connectivity index (χ1v) is 9.00. The number of amides is 1. The zero-order valence-corrected chi connectivity index (χ0v) is 18.3. The van der Waals surface area contributed by atoms with Gasteiger partial charge in [0.05, 0.1) is 13.2 Å². The van der Waals surface area contributed by atoms with Crippen molar-refractivity contribution in [1.29, 1.82) is 0 Å². The molecular formula is C19H31IN4O2. The standard InChI is InChI=1S/C19H30N4O2.HI/c1-4-15-6-5-7-17(12-15)22-18(24)13-21-19(20-2)23(3)10-11-25-14-16-8-9-16;/h5-7,12,16H,4,8-11,13-14H2,1-3H3,(H,20,21)(H,22,24);1H. The molecule has 2 rings (SSSR count). The number of aliphatic imine (C=N–C) groups is 1. The molecule has 0 aliphatic heterocycles. The van der Waals surface area contributed by atoms with E-state index in [-0.39, 0.29) is 36.4 Å². The van der Waals surface area contributed by atoms with Crippen molar-refractivity contribution in [3.05, 3.63) is 29.8 Å². The molecule has 1 amide bonds. The van der Waals surface area contributed by atoms with Gasteiger partial charge in [0.1, 0.15) is 0 Å². The van der Waals surface area contributed by atoms with Crippen LogP contribution in [0.25, 0.3) is 0 Å². The maximum Gasteiger partial charge on any atom is 0.243 e. The monoisotopic (exact) mass is 474 g/mol. The second-order valence-corrected chi connectivity index (χ2v) is 6.44. The Bertz CT molecular complexity index is 591. The van der Waals surface area contributed by atoms with Gasteiger partial charge in [0.15, 0.2) is 5.96 Å². The minimum atomic E-state index is -0.0900. The smallest absolute Gasteiger partial charge is 0.243 e. The quantitative estimate of drug-likeness (QED) is 0.250. The van der Waals surface area contributed by atoms with Gasteiger partial charge in [-0.2, -0.15) is 0 Å². The average molecular weight is 474 g/mol. The molecule has 0 spiro atoms. The third kappa shape index (κ3) is 8.35. The van der Waals surface area contributed by atoms with Gasteiger partial charge in [-0.25, -0.2) is 0 Å². The van der Waals surface area contributed by atoms with E-state index in [4.69, 9.17) is 4.74 Å². The highest BCUT2D eigenvalue weighted by Gasteiger charge is 2.21. The minimum Gasteiger partial charge on any atom is -0.379 e. The van der Waals surface area contributed by atoms with E-state index in [0.717, 1.165) is 31.2 Å². The van der Waals surface area contributed by atoms with Crippen molar-refractivity contribution in [3.63, 3.8) is 0 Å². The lowest BCUT2D eigenvalue weighted by Crippen LogP contribution is -2.43. The highest BCUT2D eigenvalue weighted by molar-refractivity contribution is 14.0. The van der Waals surface area contributed by atoms with Crippen molar-refractivity contribution < 1.29 is 9.53 Å². The zero-order chi connectivity index (χ0) is 18.1. The fourth-order valence-corrected chi connectivity index (χ4v) is 2.46. The van der Waals surface area contributed by atoms with Crippen LogP contribution in [-0.4, -0.2) is 57.2 Å². The molecule has 0 saturated heterocycles. The van der Waals surface area contributed by atoms with Crippen molar-refractivity contribution >= 4 is 41.5 Å². The third-order valence-corrected chi connectivity index (χ3v) is 4.22. The summed E-state index contributed by atoms with van der Waals surface area (Å²) in [4.78, 5) is 18.3. The van der Waals surface area contributed by atoms with Gasteiger partial charge in [0.2, 0.25) is 5.91 Å². The molecule has 146 valence electrons. The summed E-state index contributed by atoms with van der Waals surface area (Å²) in [6.07, 6.45) is 3.55. The van der Waals surface area contributed by atoms with Gasteiger partial charge < -0.3 is 20.3 Å². The number of hydrogen-bond acceptors (Lipinski definition) is 3. The Morgan fingerprint density at radius 1 is 1.38 bits per heavy atom. The lowest BCUT2D eigenvalue weighted by molar-refractivity contribution is -0.115. The van der Waals surface area contributed by atoms with E-state index in [1.807, 2.05) is 30.1 Å². The van der Waals surface area contributed by atoms with Crippen LogP contribution in [0.5, 0.6) is 0 Å². The summed E-state index contributed by atoms with van der Waals surface area (Å²) in [5.41, 5.74) is 2.02. The molecule has 0 aromatic heterocycles. The fourth-order valence-electron chi connectivity index (χ4n) is 2.46. The molecule has 0 heterocycles. The molecule has 1 aliphatic carbocycles. The number of carbonyl (C=O) groups excluding carboxylic acids is 1. The van der Waals surface area contributed by atoms with Gasteiger partial charge in [-0.15, -0.1) is 24.0 Å². The van der Waals surface area contributed by atoms with E-state index in [0.29, 0.717) is 12.6 Å². The summed E-state index contributed by atoms with van der Waals surface area (Å²) < 4.78 is 5.65. The summed E-state index contributed by atoms with van der Waals surface area (Å²) >= 11 is 0. The van der Waals surface area contributed by atoms with Gasteiger partial charge in [0.25, 0.3) is 0 Å². The Hall–Kier alpha value is -1.35. The predicted molar refractivity (Wildman–Crippen MR) is 117 cm³/mol. The fraction of sp³-hybridized carbons (Fsp3) is 0.579. The lowest BCUT2D eigenvalue weighted by Gasteiger charge is -2.21. The van der Waals surface area contributed by atoms with E-state index >= 15 is 0 Å². The Morgan fingerprint density at radius 3 is 2.81 bits per heavy atom. The number of anilines is 1. The minimum absolute atomic E-state index is 0. The van der Waals surface area contributed by atoms with E-state index in [1.165, 1.54) is 18.4 Å². The van der Waals surface area contributed by atoms with Crippen LogP contribution in [0.3, 0.4) is 0 Å². The van der Waals surface area contributed by atoms with Crippen LogP contribution in [-0.2, 0) is 16.0 Å². The SMILES string of the molecule is CCc1cccc(NC(=O)CNC(=NC)N(C)CCOCC2CC2)c1.I. The summed E-state index contributed by atoms with van der Waals surface area (Å²) in [6, 6.07) is 7.90. The topological polar surface area (TPSA) is 66.0 Å². The third-order valence-electron chi connectivity index (χ3n) is 4.22. The molecule has 1 fully saturated rings. The molecule has 0 bridgehead atoms. The molecule has 26 heavy (non-hydrogen) atoms. The maximum atomic E-state index is 12.1. The van der Waals surface area contributed by atoms with Gasteiger partial charge in [-0.05, 0) is 42.9 Å². The molecular weight excluding hydrogens is 443 g/mol. The largest absolute Gasteiger partial charge is 0.379 e. The summed E-state index contributed by atoms with van der Waals surface area (Å²) in [7, 11) is 3.66. The van der Waals surface area contributed by atoms with Gasteiger partial charge in [-0.3, -0.25) is 9.79 Å². The number of rotatable bonds is 9. The number of nitrogens with one attached hydrogen (secondary N) is 2. The Labute approximate surface area is 173 Å². The van der Waals surface area contributed by atoms with Crippen LogP contribution in [0.2, 0.25) is 0 Å². The first-order chi connectivity index (χ1) is 12.1. The summed E-state index contributed by atoms with van der Waals surface area (Å²) in [5, 5.41) is 6.00. The van der Waals surface area contributed by atoms with Crippen LogP contribution < -0.4 is 10.6 Å². The highest BCUT2D eigenvalue weighted by atomic mass is 127. The summed E-state index contributed by atoms with van der Waals surface area (Å²) in [6.45, 7) is 4.54. The van der Waals surface area contributed by atoms with E-state index < -0.39 is 0 Å². The molecule has 0 radical (unpaired) electrons. The van der Waals surface area contributed by atoms with Crippen LogP contribution in [0.15, 0.2) is 29.3 Å². The zero-order valence-electron chi connectivity index (χ0n) is 16.0. The second-order valence-electron chi connectivity index (χ2n) is 6.44. The van der Waals surface area contributed by atoms with E-state index in [2.05, 4.69) is 28.6 Å². The number of benzene rings is 1. The molecule has 0 atom stereocenters. The Morgan fingerprint density at radius 2 is 2.15 bits per heavy atom. The van der Waals surface area contributed by atoms with Crippen molar-refractivity contribution in [2.24, 2.45) is 10.9 Å². The number of hydrogen-bond donors (Lipinski definition) is 2. The Balaban J connectivity index is 0.00000338. The van der Waals surface area contributed by atoms with Crippen molar-refractivity contribution in [2.75, 3.05) is 45.7 Å². The predicted octanol–water partition coefficient (Wildman–Crippen LogP) is 2.74. The molecule has 1 saturated carbocycles. The van der Waals surface area contributed by atoms with Gasteiger partial charge in [0, 0.05) is 32.9 Å². The van der Waals surface area contributed by atoms with E-state index in [1.54, 1.807) is 7.05 Å². The maximum absolute atomic E-state index is 12.1.